The van der Waals surface area contributed by atoms with Crippen LogP contribution in [0.2, 0.25) is 0 Å². The summed E-state index contributed by atoms with van der Waals surface area (Å²) >= 11 is 0. The van der Waals surface area contributed by atoms with E-state index in [1.807, 2.05) is 6.92 Å². The van der Waals surface area contributed by atoms with Crippen LogP contribution in [0, 0.1) is 5.41 Å². The third-order valence-electron chi connectivity index (χ3n) is 3.90. The number of ether oxygens (including phenoxy) is 1. The van der Waals surface area contributed by atoms with Crippen LogP contribution in [0.3, 0.4) is 0 Å². The maximum absolute atomic E-state index is 11.0. The maximum atomic E-state index is 11.0. The van der Waals surface area contributed by atoms with Gasteiger partial charge in [-0.25, -0.2) is 0 Å². The summed E-state index contributed by atoms with van der Waals surface area (Å²) in [6.07, 6.45) is 0.720. The highest BCUT2D eigenvalue weighted by Gasteiger charge is 2.48. The zero-order chi connectivity index (χ0) is 12.8. The molecule has 0 saturated heterocycles. The molecule has 2 rings (SSSR count). The molecule has 4 atom stereocenters. The first-order valence-electron chi connectivity index (χ1n) is 5.78. The fraction of sp³-hybridized carbons (Fsp3) is 0.615. The summed E-state index contributed by atoms with van der Waals surface area (Å²) in [5, 5.41) is 19.4. The third-order valence-corrected chi connectivity index (χ3v) is 3.90. The lowest BCUT2D eigenvalue weighted by molar-refractivity contribution is -0.144. The average molecular weight is 238 g/mol. The number of fused-ring (bicyclic) bond motifs is 1. The average Bonchev–Trinajstić information content (AvgIpc) is 2.43. The van der Waals surface area contributed by atoms with Crippen molar-refractivity contribution in [1.29, 1.82) is 0 Å². The van der Waals surface area contributed by atoms with Crippen molar-refractivity contribution in [3.63, 3.8) is 0 Å². The van der Waals surface area contributed by atoms with Crippen LogP contribution in [0.25, 0.3) is 0 Å². The topological polar surface area (TPSA) is 66.8 Å². The molecule has 1 saturated carbocycles. The van der Waals surface area contributed by atoms with Gasteiger partial charge in [0.05, 0.1) is 12.2 Å². The van der Waals surface area contributed by atoms with Crippen LogP contribution in [-0.2, 0) is 9.53 Å². The van der Waals surface area contributed by atoms with E-state index in [1.165, 1.54) is 6.92 Å². The van der Waals surface area contributed by atoms with Crippen molar-refractivity contribution in [2.75, 3.05) is 0 Å². The van der Waals surface area contributed by atoms with Crippen LogP contribution in [0.15, 0.2) is 23.8 Å². The van der Waals surface area contributed by atoms with Crippen LogP contribution in [0.4, 0.5) is 0 Å². The van der Waals surface area contributed by atoms with E-state index in [-0.39, 0.29) is 17.5 Å². The molecule has 0 aromatic carbocycles. The van der Waals surface area contributed by atoms with E-state index in [0.29, 0.717) is 12.8 Å². The number of aliphatic hydroxyl groups is 2. The number of esters is 1. The van der Waals surface area contributed by atoms with Crippen LogP contribution in [0.5, 0.6) is 0 Å². The molecule has 0 radical (unpaired) electrons. The summed E-state index contributed by atoms with van der Waals surface area (Å²) in [5.74, 6) is -0.333. The molecule has 94 valence electrons. The molecule has 1 fully saturated rings. The normalized spacial score (nSPS) is 40.8. The number of carbonyl (C=O) groups excluding carboxylic acids is 1. The van der Waals surface area contributed by atoms with Gasteiger partial charge in [-0.2, -0.15) is 0 Å². The zero-order valence-corrected chi connectivity index (χ0v) is 10.1. The monoisotopic (exact) mass is 238 g/mol. The Morgan fingerprint density at radius 1 is 1.59 bits per heavy atom. The minimum Gasteiger partial charge on any atom is -0.458 e. The number of hydrogen-bond donors (Lipinski definition) is 2. The second-order valence-corrected chi connectivity index (χ2v) is 5.11. The van der Waals surface area contributed by atoms with Crippen LogP contribution >= 0.6 is 0 Å². The Labute approximate surface area is 101 Å². The fourth-order valence-corrected chi connectivity index (χ4v) is 2.79. The van der Waals surface area contributed by atoms with Gasteiger partial charge < -0.3 is 14.9 Å². The molecule has 17 heavy (non-hydrogen) atoms. The summed E-state index contributed by atoms with van der Waals surface area (Å²) < 4.78 is 5.21. The lowest BCUT2D eigenvalue weighted by Gasteiger charge is -2.36. The molecule has 0 aliphatic heterocycles. The lowest BCUT2D eigenvalue weighted by atomic mass is 9.72. The van der Waals surface area contributed by atoms with E-state index < -0.39 is 12.2 Å². The Morgan fingerprint density at radius 2 is 2.24 bits per heavy atom. The van der Waals surface area contributed by atoms with Gasteiger partial charge in [-0.3, -0.25) is 4.79 Å². The molecule has 0 heterocycles. The van der Waals surface area contributed by atoms with E-state index >= 15 is 0 Å². The van der Waals surface area contributed by atoms with Gasteiger partial charge in [0.1, 0.15) is 6.10 Å². The molecule has 2 aliphatic rings. The van der Waals surface area contributed by atoms with Crippen molar-refractivity contribution in [3.8, 4) is 0 Å². The predicted octanol–water partition coefficient (Wildman–Crippen LogP) is 0.936. The van der Waals surface area contributed by atoms with E-state index in [1.54, 1.807) is 6.08 Å². The molecule has 0 aromatic rings. The molecular weight excluding hydrogens is 220 g/mol. The zero-order valence-electron chi connectivity index (χ0n) is 10.1. The van der Waals surface area contributed by atoms with Gasteiger partial charge in [0.25, 0.3) is 0 Å². The Balaban J connectivity index is 2.29. The molecular formula is C13H18O4. The Kier molecular flexibility index (Phi) is 2.87. The Bertz CT molecular complexity index is 398. The van der Waals surface area contributed by atoms with Crippen LogP contribution in [0.1, 0.15) is 26.7 Å². The molecule has 0 bridgehead atoms. The van der Waals surface area contributed by atoms with Gasteiger partial charge in [0, 0.05) is 18.8 Å². The first-order chi connectivity index (χ1) is 7.84. The predicted molar refractivity (Wildman–Crippen MR) is 62.1 cm³/mol. The summed E-state index contributed by atoms with van der Waals surface area (Å²) in [5.41, 5.74) is 1.45. The molecule has 0 aromatic heterocycles. The van der Waals surface area contributed by atoms with Crippen molar-refractivity contribution >= 4 is 5.97 Å². The second-order valence-electron chi connectivity index (χ2n) is 5.11. The molecule has 4 nitrogen and oxygen atoms in total. The minimum absolute atomic E-state index is 0.332. The van der Waals surface area contributed by atoms with E-state index in [2.05, 4.69) is 6.58 Å². The van der Waals surface area contributed by atoms with Gasteiger partial charge >= 0.3 is 5.97 Å². The summed E-state index contributed by atoms with van der Waals surface area (Å²) in [4.78, 5) is 11.0. The van der Waals surface area contributed by atoms with Crippen molar-refractivity contribution in [2.45, 2.75) is 45.0 Å². The molecule has 2 aliphatic carbocycles. The van der Waals surface area contributed by atoms with E-state index in [9.17, 15) is 15.0 Å². The summed E-state index contributed by atoms with van der Waals surface area (Å²) in [6.45, 7) is 7.34. The smallest absolute Gasteiger partial charge is 0.303 e. The molecule has 0 spiro atoms. The minimum atomic E-state index is -0.832. The molecule has 2 unspecified atom stereocenters. The van der Waals surface area contributed by atoms with Gasteiger partial charge in [-0.15, -0.1) is 0 Å². The van der Waals surface area contributed by atoms with E-state index in [0.717, 1.165) is 11.1 Å². The quantitative estimate of drug-likeness (QED) is 0.527. The lowest BCUT2D eigenvalue weighted by Crippen LogP contribution is -2.36. The highest BCUT2D eigenvalue weighted by atomic mass is 16.5. The number of hydrogen-bond acceptors (Lipinski definition) is 4. The Morgan fingerprint density at radius 3 is 2.82 bits per heavy atom. The largest absolute Gasteiger partial charge is 0.458 e. The van der Waals surface area contributed by atoms with Gasteiger partial charge in [0.2, 0.25) is 0 Å². The summed E-state index contributed by atoms with van der Waals surface area (Å²) in [6, 6.07) is 0. The number of aliphatic hydroxyl groups excluding tert-OH is 2. The molecule has 2 N–H and O–H groups in total. The number of carbonyl (C=O) groups is 1. The van der Waals surface area contributed by atoms with Gasteiger partial charge in [-0.05, 0) is 12.0 Å². The first-order valence-corrected chi connectivity index (χ1v) is 5.78. The van der Waals surface area contributed by atoms with Crippen molar-refractivity contribution in [3.05, 3.63) is 23.8 Å². The highest BCUT2D eigenvalue weighted by molar-refractivity contribution is 5.67. The Hall–Kier alpha value is -1.13. The first kappa shape index (κ1) is 12.3. The SMILES string of the molecule is C=C1[C@H](OC(C)=O)CC2=CC(O)C(O)C[C@]12C. The molecule has 0 amide bonds. The fourth-order valence-electron chi connectivity index (χ4n) is 2.79. The number of rotatable bonds is 1. The van der Waals surface area contributed by atoms with Gasteiger partial charge in [0.15, 0.2) is 0 Å². The third kappa shape index (κ3) is 1.91. The second kappa shape index (κ2) is 3.96. The van der Waals surface area contributed by atoms with Crippen LogP contribution < -0.4 is 0 Å². The maximum Gasteiger partial charge on any atom is 0.303 e. The molecule has 4 heteroatoms. The highest BCUT2D eigenvalue weighted by Crippen LogP contribution is 2.52. The van der Waals surface area contributed by atoms with Gasteiger partial charge in [-0.1, -0.05) is 25.2 Å². The summed E-state index contributed by atoms with van der Waals surface area (Å²) in [7, 11) is 0. The van der Waals surface area contributed by atoms with Crippen molar-refractivity contribution in [2.24, 2.45) is 5.41 Å². The van der Waals surface area contributed by atoms with Crippen molar-refractivity contribution in [1.82, 2.24) is 0 Å². The van der Waals surface area contributed by atoms with Crippen LogP contribution in [-0.4, -0.2) is 34.5 Å². The van der Waals surface area contributed by atoms with Crippen molar-refractivity contribution < 1.29 is 19.7 Å². The standard InChI is InChI=1S/C13H18O4/c1-7-12(17-8(2)14)5-9-4-10(15)11(16)6-13(7,9)3/h4,10-12,15-16H,1,5-6H2,2-3H3/t10?,11?,12-,13-/m1/s1. The van der Waals surface area contributed by atoms with E-state index in [4.69, 9.17) is 4.74 Å².